The van der Waals surface area contributed by atoms with Crippen LogP contribution in [0.4, 0.5) is 0 Å². The highest BCUT2D eigenvalue weighted by Gasteiger charge is 2.35. The van der Waals surface area contributed by atoms with Crippen molar-refractivity contribution >= 4 is 11.0 Å². The van der Waals surface area contributed by atoms with E-state index in [0.717, 1.165) is 29.7 Å². The molecular weight excluding hydrogens is 234 g/mol. The molecule has 3 nitrogen and oxygen atoms in total. The van der Waals surface area contributed by atoms with Crippen molar-refractivity contribution in [3.05, 3.63) is 29.1 Å². The molecule has 1 heterocycles. The maximum atomic E-state index is 6.63. The molecule has 1 aliphatic carbocycles. The lowest BCUT2D eigenvalue weighted by Crippen LogP contribution is -2.42. The molecule has 2 unspecified atom stereocenters. The van der Waals surface area contributed by atoms with Gasteiger partial charge in [-0.3, -0.25) is 0 Å². The summed E-state index contributed by atoms with van der Waals surface area (Å²) >= 11 is 0. The van der Waals surface area contributed by atoms with Crippen molar-refractivity contribution in [1.29, 1.82) is 0 Å². The molecule has 0 spiro atoms. The molecule has 3 rings (SSSR count). The minimum Gasteiger partial charge on any atom is -0.340 e. The van der Waals surface area contributed by atoms with Gasteiger partial charge in [0.25, 0.3) is 0 Å². The fourth-order valence-corrected chi connectivity index (χ4v) is 3.51. The number of H-pyrrole nitrogens is 1. The van der Waals surface area contributed by atoms with Gasteiger partial charge in [-0.2, -0.15) is 0 Å². The summed E-state index contributed by atoms with van der Waals surface area (Å²) in [6, 6.07) is 4.34. The first-order valence-electron chi connectivity index (χ1n) is 7.24. The van der Waals surface area contributed by atoms with Crippen LogP contribution < -0.4 is 5.73 Å². The molecule has 0 bridgehead atoms. The summed E-state index contributed by atoms with van der Waals surface area (Å²) in [5.41, 5.74) is 11.0. The normalized spacial score (nSPS) is 27.9. The fraction of sp³-hybridized carbons (Fsp3) is 0.562. The Kier molecular flexibility index (Phi) is 2.90. The van der Waals surface area contributed by atoms with Crippen LogP contribution in [0.2, 0.25) is 0 Å². The Morgan fingerprint density at radius 3 is 2.89 bits per heavy atom. The lowest BCUT2D eigenvalue weighted by Gasteiger charge is -2.35. The van der Waals surface area contributed by atoms with Crippen LogP contribution in [0.15, 0.2) is 12.1 Å². The van der Waals surface area contributed by atoms with E-state index in [1.807, 2.05) is 0 Å². The number of imidazole rings is 1. The van der Waals surface area contributed by atoms with Crippen molar-refractivity contribution < 1.29 is 0 Å². The van der Waals surface area contributed by atoms with Crippen LogP contribution in [0.25, 0.3) is 11.0 Å². The molecule has 1 aromatic carbocycles. The second-order valence-electron chi connectivity index (χ2n) is 6.42. The Balaban J connectivity index is 2.08. The van der Waals surface area contributed by atoms with Gasteiger partial charge in [-0.25, -0.2) is 4.98 Å². The van der Waals surface area contributed by atoms with Crippen molar-refractivity contribution in [2.45, 2.75) is 52.0 Å². The maximum absolute atomic E-state index is 6.63. The van der Waals surface area contributed by atoms with E-state index in [-0.39, 0.29) is 5.54 Å². The molecule has 1 aliphatic rings. The van der Waals surface area contributed by atoms with Gasteiger partial charge in [-0.1, -0.05) is 25.8 Å². The fourth-order valence-electron chi connectivity index (χ4n) is 3.51. The number of nitrogens with one attached hydrogen (secondary N) is 1. The molecule has 2 aromatic rings. The van der Waals surface area contributed by atoms with Crippen LogP contribution in [-0.4, -0.2) is 9.97 Å². The maximum Gasteiger partial charge on any atom is 0.127 e. The van der Waals surface area contributed by atoms with Gasteiger partial charge in [0.15, 0.2) is 0 Å². The van der Waals surface area contributed by atoms with Crippen LogP contribution in [0.5, 0.6) is 0 Å². The van der Waals surface area contributed by atoms with Crippen molar-refractivity contribution in [3.8, 4) is 0 Å². The Morgan fingerprint density at radius 1 is 1.37 bits per heavy atom. The number of nitrogens with two attached hydrogens (primary N) is 1. The Morgan fingerprint density at radius 2 is 2.16 bits per heavy atom. The van der Waals surface area contributed by atoms with Gasteiger partial charge in [0.2, 0.25) is 0 Å². The van der Waals surface area contributed by atoms with Gasteiger partial charge >= 0.3 is 0 Å². The third-order valence-corrected chi connectivity index (χ3v) is 4.43. The highest BCUT2D eigenvalue weighted by Crippen LogP contribution is 2.37. The molecule has 1 saturated carbocycles. The summed E-state index contributed by atoms with van der Waals surface area (Å²) in [6.45, 7) is 6.53. The molecule has 2 atom stereocenters. The van der Waals surface area contributed by atoms with Gasteiger partial charge in [0.1, 0.15) is 5.82 Å². The number of aryl methyl sites for hydroxylation is 2. The average molecular weight is 257 g/mol. The number of aromatic nitrogens is 2. The summed E-state index contributed by atoms with van der Waals surface area (Å²) in [5, 5.41) is 0. The van der Waals surface area contributed by atoms with Crippen LogP contribution in [0.1, 0.15) is 49.6 Å². The van der Waals surface area contributed by atoms with E-state index >= 15 is 0 Å². The molecule has 19 heavy (non-hydrogen) atoms. The minimum absolute atomic E-state index is 0.267. The van der Waals surface area contributed by atoms with Crippen molar-refractivity contribution in [3.63, 3.8) is 0 Å². The van der Waals surface area contributed by atoms with Crippen LogP contribution in [0, 0.1) is 19.8 Å². The molecule has 0 aliphatic heterocycles. The van der Waals surface area contributed by atoms with Gasteiger partial charge in [-0.05, 0) is 49.8 Å². The molecule has 1 fully saturated rings. The van der Waals surface area contributed by atoms with E-state index in [9.17, 15) is 0 Å². The molecule has 3 heteroatoms. The van der Waals surface area contributed by atoms with E-state index in [0.29, 0.717) is 5.92 Å². The van der Waals surface area contributed by atoms with Gasteiger partial charge in [0, 0.05) is 0 Å². The summed E-state index contributed by atoms with van der Waals surface area (Å²) in [6.07, 6.45) is 4.56. The molecule has 0 amide bonds. The topological polar surface area (TPSA) is 54.7 Å². The average Bonchev–Trinajstić information content (AvgIpc) is 2.73. The van der Waals surface area contributed by atoms with Gasteiger partial charge in [0.05, 0.1) is 16.6 Å². The zero-order valence-electron chi connectivity index (χ0n) is 12.1. The summed E-state index contributed by atoms with van der Waals surface area (Å²) < 4.78 is 0. The number of aromatic amines is 1. The largest absolute Gasteiger partial charge is 0.340 e. The van der Waals surface area contributed by atoms with Gasteiger partial charge < -0.3 is 10.7 Å². The smallest absolute Gasteiger partial charge is 0.127 e. The number of hydrogen-bond acceptors (Lipinski definition) is 2. The predicted octanol–water partition coefficient (Wildman–Crippen LogP) is 3.54. The summed E-state index contributed by atoms with van der Waals surface area (Å²) in [4.78, 5) is 8.27. The second kappa shape index (κ2) is 4.34. The summed E-state index contributed by atoms with van der Waals surface area (Å²) in [7, 11) is 0. The first-order valence-corrected chi connectivity index (χ1v) is 7.24. The molecule has 1 aromatic heterocycles. The second-order valence-corrected chi connectivity index (χ2v) is 6.42. The lowest BCUT2D eigenvalue weighted by molar-refractivity contribution is 0.230. The Labute approximate surface area is 114 Å². The zero-order valence-corrected chi connectivity index (χ0v) is 12.1. The highest BCUT2D eigenvalue weighted by molar-refractivity contribution is 5.79. The number of fused-ring (bicyclic) bond motifs is 1. The molecule has 3 N–H and O–H groups in total. The van der Waals surface area contributed by atoms with Crippen LogP contribution in [0.3, 0.4) is 0 Å². The number of nitrogens with zero attached hydrogens (tertiary/aromatic N) is 1. The molecule has 0 saturated heterocycles. The Bertz CT molecular complexity index is 614. The number of rotatable bonds is 1. The van der Waals surface area contributed by atoms with Gasteiger partial charge in [-0.15, -0.1) is 0 Å². The minimum atomic E-state index is -0.267. The van der Waals surface area contributed by atoms with Crippen LogP contribution >= 0.6 is 0 Å². The van der Waals surface area contributed by atoms with Crippen molar-refractivity contribution in [2.75, 3.05) is 0 Å². The monoisotopic (exact) mass is 257 g/mol. The molecule has 102 valence electrons. The summed E-state index contributed by atoms with van der Waals surface area (Å²) in [5.74, 6) is 1.66. The first kappa shape index (κ1) is 12.7. The first-order chi connectivity index (χ1) is 8.98. The molecular formula is C16H23N3. The quantitative estimate of drug-likeness (QED) is 0.821. The number of hydrogen-bond donors (Lipinski definition) is 2. The van der Waals surface area contributed by atoms with Crippen LogP contribution in [-0.2, 0) is 5.54 Å². The SMILES string of the molecule is Cc1cc(C)c2nc(C3(N)CCCC(C)C3)[nH]c2c1. The highest BCUT2D eigenvalue weighted by atomic mass is 15.0. The van der Waals surface area contributed by atoms with Crippen molar-refractivity contribution in [2.24, 2.45) is 11.7 Å². The predicted molar refractivity (Wildman–Crippen MR) is 79.1 cm³/mol. The van der Waals surface area contributed by atoms with E-state index < -0.39 is 0 Å². The van der Waals surface area contributed by atoms with E-state index in [4.69, 9.17) is 10.7 Å². The molecule has 0 radical (unpaired) electrons. The number of benzene rings is 1. The van der Waals surface area contributed by atoms with E-state index in [2.05, 4.69) is 37.9 Å². The van der Waals surface area contributed by atoms with Crippen molar-refractivity contribution in [1.82, 2.24) is 9.97 Å². The third-order valence-electron chi connectivity index (χ3n) is 4.43. The lowest BCUT2D eigenvalue weighted by atomic mass is 9.76. The Hall–Kier alpha value is -1.35. The standard InChI is InChI=1S/C16H23N3/c1-10-5-4-6-16(17,9-10)15-18-13-8-11(2)7-12(3)14(13)19-15/h7-8,10H,4-6,9,17H2,1-3H3,(H,18,19). The van der Waals surface area contributed by atoms with E-state index in [1.54, 1.807) is 0 Å². The third kappa shape index (κ3) is 2.16. The van der Waals surface area contributed by atoms with E-state index in [1.165, 1.54) is 24.0 Å². The zero-order chi connectivity index (χ0) is 13.6.